The van der Waals surface area contributed by atoms with Crippen LogP contribution in [0.2, 0.25) is 0 Å². The monoisotopic (exact) mass is 534 g/mol. The molecule has 0 amide bonds. The van der Waals surface area contributed by atoms with E-state index in [-0.39, 0.29) is 6.04 Å². The summed E-state index contributed by atoms with van der Waals surface area (Å²) in [6.45, 7) is 10.6. The van der Waals surface area contributed by atoms with Gasteiger partial charge >= 0.3 is 0 Å². The van der Waals surface area contributed by atoms with Crippen LogP contribution < -0.4 is 20.5 Å². The average molecular weight is 535 g/mol. The van der Waals surface area contributed by atoms with Crippen LogP contribution in [0.1, 0.15) is 70.9 Å². The fraction of sp³-hybridized carbons (Fsp3) is 0.636. The predicted octanol–water partition coefficient (Wildman–Crippen LogP) is 4.39. The second kappa shape index (κ2) is 12.6. The van der Waals surface area contributed by atoms with E-state index in [1.807, 2.05) is 7.05 Å². The number of ether oxygens (including phenoxy) is 2. The van der Waals surface area contributed by atoms with Crippen molar-refractivity contribution >= 4 is 0 Å². The minimum Gasteiger partial charge on any atom is -0.491 e. The highest BCUT2D eigenvalue weighted by Crippen LogP contribution is 2.39. The molecule has 2 fully saturated rings. The maximum Gasteiger partial charge on any atom is 0.125 e. The van der Waals surface area contributed by atoms with Gasteiger partial charge in [0.15, 0.2) is 0 Å². The molecule has 4 aliphatic heterocycles. The maximum absolute atomic E-state index is 6.09. The zero-order valence-electron chi connectivity index (χ0n) is 24.9. The Morgan fingerprint density at radius 2 is 1.18 bits per heavy atom. The number of nitrogens with zero attached hydrogens (tertiary/aromatic N) is 2. The molecule has 6 rings (SSSR count). The number of nitrogens with two attached hydrogens (primary N) is 1. The standard InChI is InChI=1S/C17H26N2O.C16H24N2O/c1-12-4-5-15(13-6-8-19(3)9-7-13)16-10-14(18-2)11-20-17(12)16;1-11-3-4-14(12-5-7-18(2)8-6-12)15-9-13(17)10-19-16(11)15/h4-5,13-14,18H,6-11H2,1-3H3;3-4,12-13H,5-10,17H2,1-2H3/t14-;13-/m11/s1. The fourth-order valence-electron chi connectivity index (χ4n) is 6.93. The van der Waals surface area contributed by atoms with E-state index in [1.54, 1.807) is 5.56 Å². The van der Waals surface area contributed by atoms with Gasteiger partial charge in [-0.05, 0) is 145 Å². The smallest absolute Gasteiger partial charge is 0.125 e. The van der Waals surface area contributed by atoms with Gasteiger partial charge in [0, 0.05) is 12.1 Å². The first-order valence-electron chi connectivity index (χ1n) is 15.1. The maximum atomic E-state index is 6.09. The number of aryl methyl sites for hydroxylation is 2. The quantitative estimate of drug-likeness (QED) is 0.609. The molecule has 4 heterocycles. The van der Waals surface area contributed by atoms with Crippen LogP contribution in [0, 0.1) is 13.8 Å². The largest absolute Gasteiger partial charge is 0.491 e. The van der Waals surface area contributed by atoms with Gasteiger partial charge in [-0.2, -0.15) is 0 Å². The summed E-state index contributed by atoms with van der Waals surface area (Å²) in [7, 11) is 6.46. The van der Waals surface area contributed by atoms with Crippen molar-refractivity contribution < 1.29 is 9.47 Å². The van der Waals surface area contributed by atoms with Crippen LogP contribution in [-0.2, 0) is 12.8 Å². The van der Waals surface area contributed by atoms with Gasteiger partial charge in [0.2, 0.25) is 0 Å². The molecule has 39 heavy (non-hydrogen) atoms. The third-order valence-corrected chi connectivity index (χ3v) is 9.50. The molecule has 2 atom stereocenters. The summed E-state index contributed by atoms with van der Waals surface area (Å²) in [5.74, 6) is 3.66. The first-order chi connectivity index (χ1) is 18.8. The molecule has 2 aromatic carbocycles. The summed E-state index contributed by atoms with van der Waals surface area (Å²) in [6.07, 6.45) is 7.13. The number of fused-ring (bicyclic) bond motifs is 2. The molecule has 6 heteroatoms. The molecule has 2 saturated heterocycles. The summed E-state index contributed by atoms with van der Waals surface area (Å²) < 4.78 is 11.9. The topological polar surface area (TPSA) is 63.0 Å². The van der Waals surface area contributed by atoms with Gasteiger partial charge < -0.3 is 30.3 Å². The lowest BCUT2D eigenvalue weighted by atomic mass is 9.83. The molecule has 0 spiro atoms. The van der Waals surface area contributed by atoms with Gasteiger partial charge in [0.25, 0.3) is 0 Å². The highest BCUT2D eigenvalue weighted by molar-refractivity contribution is 5.50. The molecule has 214 valence electrons. The first-order valence-corrected chi connectivity index (χ1v) is 15.1. The number of benzene rings is 2. The first kappa shape index (κ1) is 28.4. The van der Waals surface area contributed by atoms with E-state index in [0.29, 0.717) is 24.5 Å². The molecule has 0 aliphatic carbocycles. The van der Waals surface area contributed by atoms with Crippen LogP contribution in [0.3, 0.4) is 0 Å². The summed E-state index contributed by atoms with van der Waals surface area (Å²) in [5.41, 5.74) is 14.5. The van der Waals surface area contributed by atoms with Gasteiger partial charge in [0.1, 0.15) is 24.7 Å². The van der Waals surface area contributed by atoms with E-state index >= 15 is 0 Å². The van der Waals surface area contributed by atoms with E-state index in [4.69, 9.17) is 15.2 Å². The van der Waals surface area contributed by atoms with Crippen LogP contribution >= 0.6 is 0 Å². The zero-order chi connectivity index (χ0) is 27.5. The summed E-state index contributed by atoms with van der Waals surface area (Å²) in [5, 5.41) is 3.37. The molecule has 3 N–H and O–H groups in total. The number of hydrogen-bond donors (Lipinski definition) is 2. The van der Waals surface area contributed by atoms with Crippen LogP contribution in [0.5, 0.6) is 11.5 Å². The van der Waals surface area contributed by atoms with Crippen molar-refractivity contribution in [3.05, 3.63) is 57.6 Å². The number of nitrogens with one attached hydrogen (secondary N) is 1. The molecule has 6 nitrogen and oxygen atoms in total. The third-order valence-electron chi connectivity index (χ3n) is 9.50. The SMILES string of the molecule is CN[C@H]1COc2c(C)ccc(C3CCN(C)CC3)c2C1.Cc1ccc(C2CCN(C)CC2)c2c1OC[C@H](N)C2. The average Bonchev–Trinajstić information content (AvgIpc) is 2.95. The van der Waals surface area contributed by atoms with Crippen LogP contribution in [0.15, 0.2) is 24.3 Å². The van der Waals surface area contributed by atoms with Crippen LogP contribution in [0.4, 0.5) is 0 Å². The van der Waals surface area contributed by atoms with Gasteiger partial charge in [-0.3, -0.25) is 0 Å². The highest BCUT2D eigenvalue weighted by atomic mass is 16.5. The molecule has 0 bridgehead atoms. The Balaban J connectivity index is 0.000000158. The van der Waals surface area contributed by atoms with Crippen molar-refractivity contribution in [2.75, 3.05) is 60.5 Å². The van der Waals surface area contributed by atoms with Crippen molar-refractivity contribution in [1.82, 2.24) is 15.1 Å². The van der Waals surface area contributed by atoms with Crippen molar-refractivity contribution in [3.8, 4) is 11.5 Å². The molecule has 2 aromatic rings. The Morgan fingerprint density at radius 3 is 1.67 bits per heavy atom. The van der Waals surface area contributed by atoms with E-state index in [0.717, 1.165) is 30.9 Å². The Labute approximate surface area is 236 Å². The lowest BCUT2D eigenvalue weighted by Crippen LogP contribution is -2.38. The van der Waals surface area contributed by atoms with E-state index in [1.165, 1.54) is 79.7 Å². The van der Waals surface area contributed by atoms with Crippen molar-refractivity contribution in [1.29, 1.82) is 0 Å². The summed E-state index contributed by atoms with van der Waals surface area (Å²) in [4.78, 5) is 4.85. The molecule has 0 saturated carbocycles. The van der Waals surface area contributed by atoms with Gasteiger partial charge in [0.05, 0.1) is 0 Å². The number of likely N-dealkylation sites (N-methyl/N-ethyl adjacent to an activating group) is 1. The van der Waals surface area contributed by atoms with Crippen molar-refractivity contribution in [2.24, 2.45) is 5.73 Å². The minimum atomic E-state index is 0.152. The lowest BCUT2D eigenvalue weighted by molar-refractivity contribution is 0.236. The summed E-state index contributed by atoms with van der Waals surface area (Å²) >= 11 is 0. The van der Waals surface area contributed by atoms with E-state index < -0.39 is 0 Å². The number of likely N-dealkylation sites (tertiary alicyclic amines) is 2. The van der Waals surface area contributed by atoms with Crippen LogP contribution in [0.25, 0.3) is 0 Å². The normalized spacial score (nSPS) is 24.6. The van der Waals surface area contributed by atoms with Crippen molar-refractivity contribution in [3.63, 3.8) is 0 Å². The number of hydrogen-bond acceptors (Lipinski definition) is 6. The van der Waals surface area contributed by atoms with Gasteiger partial charge in [-0.1, -0.05) is 24.3 Å². The lowest BCUT2D eigenvalue weighted by Gasteiger charge is -2.34. The molecule has 4 aliphatic rings. The molecular weight excluding hydrogens is 484 g/mol. The Bertz CT molecular complexity index is 1120. The number of piperidine rings is 2. The van der Waals surface area contributed by atoms with E-state index in [9.17, 15) is 0 Å². The number of rotatable bonds is 3. The third kappa shape index (κ3) is 6.45. The Morgan fingerprint density at radius 1 is 0.718 bits per heavy atom. The Hall–Kier alpha value is -2.12. The van der Waals surface area contributed by atoms with Gasteiger partial charge in [-0.15, -0.1) is 0 Å². The van der Waals surface area contributed by atoms with Crippen LogP contribution in [-0.4, -0.2) is 82.4 Å². The Kier molecular flexibility index (Phi) is 9.17. The molecule has 0 radical (unpaired) electrons. The molecule has 0 unspecified atom stereocenters. The van der Waals surface area contributed by atoms with Gasteiger partial charge in [-0.25, -0.2) is 0 Å². The van der Waals surface area contributed by atoms with E-state index in [2.05, 4.69) is 67.3 Å². The second-order valence-electron chi connectivity index (χ2n) is 12.5. The zero-order valence-corrected chi connectivity index (χ0v) is 24.9. The summed E-state index contributed by atoms with van der Waals surface area (Å²) in [6, 6.07) is 9.72. The highest BCUT2D eigenvalue weighted by Gasteiger charge is 2.28. The van der Waals surface area contributed by atoms with Crippen molar-refractivity contribution in [2.45, 2.75) is 76.3 Å². The molecule has 0 aromatic heterocycles. The molecular formula is C33H50N4O2. The predicted molar refractivity (Wildman–Crippen MR) is 161 cm³/mol. The fourth-order valence-corrected chi connectivity index (χ4v) is 6.93. The minimum absolute atomic E-state index is 0.152. The second-order valence-corrected chi connectivity index (χ2v) is 12.5.